The molecule has 0 aliphatic heterocycles. The summed E-state index contributed by atoms with van der Waals surface area (Å²) in [5.74, 6) is -0.299. The van der Waals surface area contributed by atoms with Crippen LogP contribution in [0.1, 0.15) is 11.1 Å². The van der Waals surface area contributed by atoms with Crippen LogP contribution < -0.4 is 16.0 Å². The molecule has 27 heavy (non-hydrogen) atoms. The molecule has 0 atom stereocenters. The van der Waals surface area contributed by atoms with Gasteiger partial charge in [-0.2, -0.15) is 0 Å². The van der Waals surface area contributed by atoms with Crippen molar-refractivity contribution < 1.29 is 4.79 Å². The lowest BCUT2D eigenvalue weighted by Crippen LogP contribution is -2.34. The summed E-state index contributed by atoms with van der Waals surface area (Å²) in [7, 11) is 0. The molecule has 0 aliphatic carbocycles. The number of halogens is 1. The largest absolute Gasteiger partial charge is 0.359 e. The third-order valence-corrected chi connectivity index (χ3v) is 4.62. The van der Waals surface area contributed by atoms with E-state index in [1.54, 1.807) is 24.4 Å². The first-order valence-electron chi connectivity index (χ1n) is 8.22. The van der Waals surface area contributed by atoms with Crippen LogP contribution in [0.2, 0.25) is 5.02 Å². The summed E-state index contributed by atoms with van der Waals surface area (Å²) in [4.78, 5) is 18.9. The predicted octanol–water partition coefficient (Wildman–Crippen LogP) is 3.51. The third-order valence-electron chi connectivity index (χ3n) is 3.98. The Labute approximate surface area is 167 Å². The first-order valence-corrected chi connectivity index (χ1v) is 9.00. The van der Waals surface area contributed by atoms with Crippen LogP contribution in [0.25, 0.3) is 11.0 Å². The van der Waals surface area contributed by atoms with Crippen LogP contribution in [-0.4, -0.2) is 21.0 Å². The minimum Gasteiger partial charge on any atom is -0.359 e. The van der Waals surface area contributed by atoms with Crippen molar-refractivity contribution in [1.82, 2.24) is 20.6 Å². The van der Waals surface area contributed by atoms with E-state index in [0.29, 0.717) is 28.9 Å². The fourth-order valence-electron chi connectivity index (χ4n) is 2.62. The van der Waals surface area contributed by atoms with Gasteiger partial charge in [0.05, 0.1) is 0 Å². The maximum atomic E-state index is 11.6. The van der Waals surface area contributed by atoms with Gasteiger partial charge in [0.25, 0.3) is 0 Å². The molecule has 0 aliphatic rings. The van der Waals surface area contributed by atoms with Crippen LogP contribution in [0.3, 0.4) is 0 Å². The number of aromatic nitrogens is 2. The summed E-state index contributed by atoms with van der Waals surface area (Å²) in [5.41, 5.74) is 3.29. The van der Waals surface area contributed by atoms with E-state index >= 15 is 0 Å². The summed E-state index contributed by atoms with van der Waals surface area (Å²) >= 11 is 11.6. The van der Waals surface area contributed by atoms with E-state index in [9.17, 15) is 4.79 Å². The fourth-order valence-corrected chi connectivity index (χ4v) is 3.00. The van der Waals surface area contributed by atoms with Gasteiger partial charge in [-0.1, -0.05) is 24.2 Å². The van der Waals surface area contributed by atoms with Crippen LogP contribution in [0.5, 0.6) is 0 Å². The summed E-state index contributed by atoms with van der Waals surface area (Å²) < 4.78 is 0. The Kier molecular flexibility index (Phi) is 6.05. The van der Waals surface area contributed by atoms with Gasteiger partial charge in [0, 0.05) is 47.1 Å². The second-order valence-electron chi connectivity index (χ2n) is 5.71. The van der Waals surface area contributed by atoms with Crippen LogP contribution in [0.4, 0.5) is 5.69 Å². The van der Waals surface area contributed by atoms with Gasteiger partial charge < -0.3 is 20.9 Å². The zero-order valence-corrected chi connectivity index (χ0v) is 16.0. The normalized spacial score (nSPS) is 10.4. The van der Waals surface area contributed by atoms with Gasteiger partial charge in [-0.25, -0.2) is 4.98 Å². The maximum absolute atomic E-state index is 11.6. The number of rotatable bonds is 6. The van der Waals surface area contributed by atoms with E-state index in [1.807, 2.05) is 18.3 Å². The highest BCUT2D eigenvalue weighted by Gasteiger charge is 2.10. The van der Waals surface area contributed by atoms with E-state index in [-0.39, 0.29) is 5.91 Å². The molecule has 6 nitrogen and oxygen atoms in total. The highest BCUT2D eigenvalue weighted by Crippen LogP contribution is 2.24. The Bertz CT molecular complexity index is 1000. The number of carbonyl (C=O) groups is 1. The maximum Gasteiger partial charge on any atom is 0.247 e. The molecule has 3 aromatic rings. The van der Waals surface area contributed by atoms with Gasteiger partial charge in [0.15, 0.2) is 5.11 Å². The number of carbonyl (C=O) groups excluding carboxylic acids is 1. The molecule has 1 aromatic carbocycles. The van der Waals surface area contributed by atoms with Crippen LogP contribution in [0, 0.1) is 0 Å². The number of pyridine rings is 1. The molecule has 4 N–H and O–H groups in total. The first kappa shape index (κ1) is 18.9. The summed E-state index contributed by atoms with van der Waals surface area (Å²) in [6, 6.07) is 9.24. The average Bonchev–Trinajstić information content (AvgIpc) is 3.15. The smallest absolute Gasteiger partial charge is 0.247 e. The number of anilines is 1. The van der Waals surface area contributed by atoms with E-state index < -0.39 is 0 Å². The SMILES string of the molecule is C=CC(=O)Nc1cccc(Cl)c1CNC(=S)NCc1ccnc2[nH]ccc12. The molecule has 0 unspecified atom stereocenters. The molecule has 0 bridgehead atoms. The molecule has 3 rings (SSSR count). The van der Waals surface area contributed by atoms with E-state index in [2.05, 4.69) is 32.5 Å². The van der Waals surface area contributed by atoms with Gasteiger partial charge >= 0.3 is 0 Å². The van der Waals surface area contributed by atoms with Crippen LogP contribution >= 0.6 is 23.8 Å². The number of nitrogens with zero attached hydrogens (tertiary/aromatic N) is 1. The standard InChI is InChI=1S/C19H18ClN5OS/c1-2-17(26)25-16-5-3-4-15(20)14(16)11-24-19(27)23-10-12-6-8-21-18-13(12)7-9-22-18/h2-9H,1,10-11H2,(H,21,22)(H,25,26)(H2,23,24,27). The minimum atomic E-state index is -0.299. The number of hydrogen-bond acceptors (Lipinski definition) is 3. The van der Waals surface area contributed by atoms with Crippen LogP contribution in [0.15, 0.2) is 55.4 Å². The second kappa shape index (κ2) is 8.66. The number of amides is 1. The molecule has 0 fully saturated rings. The molecular weight excluding hydrogens is 382 g/mol. The van der Waals surface area contributed by atoms with E-state index in [0.717, 1.165) is 22.2 Å². The van der Waals surface area contributed by atoms with Crippen molar-refractivity contribution in [2.45, 2.75) is 13.1 Å². The zero-order valence-electron chi connectivity index (χ0n) is 14.4. The molecule has 1 amide bonds. The molecule has 0 radical (unpaired) electrons. The Balaban J connectivity index is 1.62. The van der Waals surface area contributed by atoms with Crippen molar-refractivity contribution >= 4 is 51.6 Å². The summed E-state index contributed by atoms with van der Waals surface area (Å²) in [6.07, 6.45) is 4.82. The molecule has 2 heterocycles. The second-order valence-corrected chi connectivity index (χ2v) is 6.52. The Morgan fingerprint density at radius 1 is 1.26 bits per heavy atom. The molecule has 138 valence electrons. The number of hydrogen-bond donors (Lipinski definition) is 4. The summed E-state index contributed by atoms with van der Waals surface area (Å²) in [6.45, 7) is 4.39. The molecule has 0 spiro atoms. The van der Waals surface area contributed by atoms with Gasteiger partial charge in [-0.15, -0.1) is 0 Å². The quantitative estimate of drug-likeness (QED) is 0.376. The minimum absolute atomic E-state index is 0.299. The van der Waals surface area contributed by atoms with Crippen molar-refractivity contribution in [3.05, 3.63) is 71.5 Å². The van der Waals surface area contributed by atoms with Crippen LogP contribution in [-0.2, 0) is 17.9 Å². The van der Waals surface area contributed by atoms with Gasteiger partial charge in [0.2, 0.25) is 5.91 Å². The van der Waals surface area contributed by atoms with Crippen molar-refractivity contribution in [1.29, 1.82) is 0 Å². The number of H-pyrrole nitrogens is 1. The highest BCUT2D eigenvalue weighted by atomic mass is 35.5. The number of aromatic amines is 1. The fraction of sp³-hybridized carbons (Fsp3) is 0.105. The van der Waals surface area contributed by atoms with Gasteiger partial charge in [0.1, 0.15) is 5.65 Å². The summed E-state index contributed by atoms with van der Waals surface area (Å²) in [5, 5.41) is 11.1. The number of nitrogens with one attached hydrogen (secondary N) is 4. The van der Waals surface area contributed by atoms with E-state index in [1.165, 1.54) is 6.08 Å². The molecule has 0 saturated heterocycles. The molecule has 0 saturated carbocycles. The Morgan fingerprint density at radius 2 is 2.07 bits per heavy atom. The van der Waals surface area contributed by atoms with Gasteiger partial charge in [-0.3, -0.25) is 4.79 Å². The van der Waals surface area contributed by atoms with Crippen molar-refractivity contribution in [3.8, 4) is 0 Å². The third kappa shape index (κ3) is 4.64. The molecule has 2 aromatic heterocycles. The van der Waals surface area contributed by atoms with Crippen molar-refractivity contribution in [2.24, 2.45) is 0 Å². The highest BCUT2D eigenvalue weighted by molar-refractivity contribution is 7.80. The lowest BCUT2D eigenvalue weighted by atomic mass is 10.1. The van der Waals surface area contributed by atoms with Crippen molar-refractivity contribution in [2.75, 3.05) is 5.32 Å². The predicted molar refractivity (Wildman–Crippen MR) is 113 cm³/mol. The lowest BCUT2D eigenvalue weighted by Gasteiger charge is -2.15. The van der Waals surface area contributed by atoms with E-state index in [4.69, 9.17) is 23.8 Å². The van der Waals surface area contributed by atoms with Crippen molar-refractivity contribution in [3.63, 3.8) is 0 Å². The van der Waals surface area contributed by atoms with Gasteiger partial charge in [-0.05, 0) is 48.1 Å². The Morgan fingerprint density at radius 3 is 2.89 bits per heavy atom. The zero-order chi connectivity index (χ0) is 19.2. The molecular formula is C19H18ClN5OS. The number of thiocarbonyl (C=S) groups is 1. The Hall–Kier alpha value is -2.90. The first-order chi connectivity index (χ1) is 13.1. The monoisotopic (exact) mass is 399 g/mol. The average molecular weight is 400 g/mol. The lowest BCUT2D eigenvalue weighted by molar-refractivity contribution is -0.111. The molecule has 8 heteroatoms. The topological polar surface area (TPSA) is 81.8 Å². The number of benzene rings is 1. The number of fused-ring (bicyclic) bond motifs is 1.